The molecule has 403 valence electrons. The zero-order valence-corrected chi connectivity index (χ0v) is 46.7. The second-order valence-corrected chi connectivity index (χ2v) is 21.3. The quantitative estimate of drug-likeness (QED) is 0.0481. The Morgan fingerprint density at radius 1 is 0.333 bits per heavy atom. The van der Waals surface area contributed by atoms with E-state index < -0.39 is 0 Å². The Kier molecular flexibility index (Phi) is 50.6. The van der Waals surface area contributed by atoms with E-state index in [1.165, 1.54) is 276 Å². The fourth-order valence-corrected chi connectivity index (χ4v) is 9.95. The largest absolute Gasteiger partial charge is 0.493 e. The Morgan fingerprint density at radius 3 is 0.783 bits per heavy atom. The monoisotopic (exact) mass is 966 g/mol. The Hall–Kier alpha value is -2.04. The third-order valence-electron chi connectivity index (χ3n) is 14.5. The molecule has 0 aliphatic heterocycles. The second kappa shape index (κ2) is 53.8. The highest BCUT2D eigenvalue weighted by atomic mass is 16.5. The van der Waals surface area contributed by atoms with E-state index in [0.717, 1.165) is 32.1 Å². The van der Waals surface area contributed by atoms with Gasteiger partial charge in [0.25, 0.3) is 0 Å². The SMILES string of the molecule is CCCCCCCCCCCCCCCCCCOc1cc(OCCCCCCCCCCCCCCCCCC)c(C(=O)CC[C]=O)c(OCCCCCCCCCCCCCCCCCC)c1. The molecule has 0 fully saturated rings. The van der Waals surface area contributed by atoms with Gasteiger partial charge in [-0.15, -0.1) is 0 Å². The summed E-state index contributed by atoms with van der Waals surface area (Å²) in [7, 11) is 0. The van der Waals surface area contributed by atoms with Gasteiger partial charge in [-0.25, -0.2) is 0 Å². The molecule has 0 aliphatic carbocycles. The van der Waals surface area contributed by atoms with Gasteiger partial charge in [0.2, 0.25) is 0 Å². The molecule has 5 nitrogen and oxygen atoms in total. The van der Waals surface area contributed by atoms with Crippen LogP contribution in [-0.4, -0.2) is 31.9 Å². The van der Waals surface area contributed by atoms with Crippen molar-refractivity contribution in [1.82, 2.24) is 0 Å². The molecule has 0 N–H and O–H groups in total. The summed E-state index contributed by atoms with van der Waals surface area (Å²) in [4.78, 5) is 24.9. The van der Waals surface area contributed by atoms with Crippen molar-refractivity contribution in [2.75, 3.05) is 19.8 Å². The first-order chi connectivity index (χ1) is 34.2. The minimum absolute atomic E-state index is 0.0769. The maximum Gasteiger partial charge on any atom is 0.198 e. The lowest BCUT2D eigenvalue weighted by molar-refractivity contribution is 0.0975. The van der Waals surface area contributed by atoms with Crippen molar-refractivity contribution in [3.05, 3.63) is 17.7 Å². The maximum atomic E-state index is 13.7. The number of unbranched alkanes of at least 4 members (excludes halogenated alkanes) is 45. The number of benzene rings is 1. The third kappa shape index (κ3) is 43.3. The molecule has 1 rings (SSSR count). The molecule has 1 aromatic carbocycles. The highest BCUT2D eigenvalue weighted by Gasteiger charge is 2.21. The second-order valence-electron chi connectivity index (χ2n) is 21.3. The first-order valence-electron chi connectivity index (χ1n) is 31.1. The van der Waals surface area contributed by atoms with Gasteiger partial charge in [-0.05, 0) is 19.3 Å². The number of ketones is 1. The molecule has 0 saturated heterocycles. The van der Waals surface area contributed by atoms with Crippen LogP contribution >= 0.6 is 0 Å². The highest BCUT2D eigenvalue weighted by Crippen LogP contribution is 2.36. The van der Waals surface area contributed by atoms with Crippen molar-refractivity contribution >= 4 is 12.1 Å². The average Bonchev–Trinajstić information content (AvgIpc) is 3.36. The fraction of sp³-hybridized carbons (Fsp3) is 0.875. The van der Waals surface area contributed by atoms with Crippen LogP contribution in [0.4, 0.5) is 0 Å². The van der Waals surface area contributed by atoms with E-state index in [1.54, 1.807) is 0 Å². The van der Waals surface area contributed by atoms with Gasteiger partial charge in [0.1, 0.15) is 22.8 Å². The summed E-state index contributed by atoms with van der Waals surface area (Å²) in [5, 5.41) is 0. The Labute approximate surface area is 430 Å². The Balaban J connectivity index is 2.57. The van der Waals surface area contributed by atoms with Gasteiger partial charge in [0, 0.05) is 25.0 Å². The lowest BCUT2D eigenvalue weighted by atomic mass is 10.0. The molecule has 0 unspecified atom stereocenters. The van der Waals surface area contributed by atoms with E-state index in [4.69, 9.17) is 14.2 Å². The first-order valence-corrected chi connectivity index (χ1v) is 31.1. The van der Waals surface area contributed by atoms with Gasteiger partial charge < -0.3 is 14.2 Å². The summed E-state index contributed by atoms with van der Waals surface area (Å²) in [6.07, 6.45) is 66.1. The molecule has 0 amide bonds. The Morgan fingerprint density at radius 2 is 0.551 bits per heavy atom. The van der Waals surface area contributed by atoms with Crippen molar-refractivity contribution in [3.8, 4) is 17.2 Å². The van der Waals surface area contributed by atoms with Gasteiger partial charge in [-0.1, -0.05) is 310 Å². The molecule has 0 atom stereocenters. The zero-order chi connectivity index (χ0) is 49.6. The lowest BCUT2D eigenvalue weighted by Crippen LogP contribution is -2.11. The van der Waals surface area contributed by atoms with Crippen LogP contribution in [0.5, 0.6) is 17.2 Å². The van der Waals surface area contributed by atoms with Gasteiger partial charge >= 0.3 is 0 Å². The number of hydrogen-bond acceptors (Lipinski definition) is 5. The molecule has 69 heavy (non-hydrogen) atoms. The van der Waals surface area contributed by atoms with Crippen LogP contribution in [0.25, 0.3) is 0 Å². The van der Waals surface area contributed by atoms with Crippen LogP contribution in [0.2, 0.25) is 0 Å². The molecule has 0 heterocycles. The summed E-state index contributed by atoms with van der Waals surface area (Å²) in [6, 6.07) is 3.80. The van der Waals surface area contributed by atoms with E-state index in [1.807, 2.05) is 18.4 Å². The molecular weight excluding hydrogens is 849 g/mol. The summed E-state index contributed by atoms with van der Waals surface area (Å²) in [5.41, 5.74) is 0.466. The lowest BCUT2D eigenvalue weighted by Gasteiger charge is -2.18. The predicted octanol–water partition coefficient (Wildman–Crippen LogP) is 21.7. The van der Waals surface area contributed by atoms with Crippen molar-refractivity contribution < 1.29 is 23.8 Å². The smallest absolute Gasteiger partial charge is 0.198 e. The molecule has 0 aliphatic rings. The minimum atomic E-state index is -0.119. The molecule has 1 aromatic rings. The number of rotatable bonds is 58. The summed E-state index contributed by atoms with van der Waals surface area (Å²) >= 11 is 0. The van der Waals surface area contributed by atoms with Gasteiger partial charge in [-0.2, -0.15) is 0 Å². The molecule has 0 spiro atoms. The number of Topliss-reactive ketones (excluding diaryl/α,β-unsaturated/α-hetero) is 1. The molecule has 0 bridgehead atoms. The fourth-order valence-electron chi connectivity index (χ4n) is 9.95. The van der Waals surface area contributed by atoms with E-state index in [-0.39, 0.29) is 18.6 Å². The normalized spacial score (nSPS) is 11.4. The summed E-state index contributed by atoms with van der Waals surface area (Å²) < 4.78 is 19.2. The van der Waals surface area contributed by atoms with Crippen molar-refractivity contribution in [2.24, 2.45) is 0 Å². The van der Waals surface area contributed by atoms with E-state index in [9.17, 15) is 9.59 Å². The van der Waals surface area contributed by atoms with Crippen LogP contribution < -0.4 is 14.2 Å². The van der Waals surface area contributed by atoms with E-state index >= 15 is 0 Å². The highest BCUT2D eigenvalue weighted by molar-refractivity contribution is 6.02. The van der Waals surface area contributed by atoms with Crippen LogP contribution in [0.15, 0.2) is 12.1 Å². The predicted molar refractivity (Wildman–Crippen MR) is 301 cm³/mol. The maximum absolute atomic E-state index is 13.7. The van der Waals surface area contributed by atoms with Crippen LogP contribution in [0.3, 0.4) is 0 Å². The van der Waals surface area contributed by atoms with Crippen LogP contribution in [-0.2, 0) is 4.79 Å². The van der Waals surface area contributed by atoms with E-state index in [2.05, 4.69) is 20.8 Å². The molecule has 5 heteroatoms. The van der Waals surface area contributed by atoms with Gasteiger partial charge in [0.15, 0.2) is 12.1 Å². The van der Waals surface area contributed by atoms with Crippen LogP contribution in [0.1, 0.15) is 352 Å². The number of hydrogen-bond donors (Lipinski definition) is 0. The zero-order valence-electron chi connectivity index (χ0n) is 46.7. The van der Waals surface area contributed by atoms with Gasteiger partial charge in [0.05, 0.1) is 19.8 Å². The average molecular weight is 967 g/mol. The van der Waals surface area contributed by atoms with Crippen molar-refractivity contribution in [2.45, 2.75) is 342 Å². The first kappa shape index (κ1) is 65.0. The minimum Gasteiger partial charge on any atom is -0.493 e. The topological polar surface area (TPSA) is 61.8 Å². The van der Waals surface area contributed by atoms with Crippen molar-refractivity contribution in [3.63, 3.8) is 0 Å². The summed E-state index contributed by atoms with van der Waals surface area (Å²) in [5.74, 6) is 1.67. The Bertz CT molecular complexity index is 1150. The standard InChI is InChI=1S/C64H117O5/c1-4-7-10-13-16-19-22-25-28-31-34-37-40-43-46-49-55-67-60-58-62(68-56-50-47-44-41-38-35-32-29-26-23-20-17-14-11-8-5-2)64(61(66)53-52-54-65)63(59-60)69-57-51-48-45-42-39-36-33-30-27-24-21-18-15-12-9-6-3/h58-59H,4-53,55-57H2,1-3H3. The number of carbonyl (C=O) groups is 1. The molecule has 1 radical (unpaired) electrons. The summed E-state index contributed by atoms with van der Waals surface area (Å²) in [6.45, 7) is 8.63. The van der Waals surface area contributed by atoms with Crippen LogP contribution in [0, 0.1) is 0 Å². The van der Waals surface area contributed by atoms with Crippen molar-refractivity contribution in [1.29, 1.82) is 0 Å². The molecular formula is C64H117O5. The number of carbonyl (C=O) groups excluding carboxylic acids is 2. The van der Waals surface area contributed by atoms with E-state index in [0.29, 0.717) is 42.6 Å². The molecule has 0 aromatic heterocycles. The van der Waals surface area contributed by atoms with Gasteiger partial charge in [-0.3, -0.25) is 9.59 Å². The third-order valence-corrected chi connectivity index (χ3v) is 14.5. The molecule has 0 saturated carbocycles. The number of ether oxygens (including phenoxy) is 3.